The third kappa shape index (κ3) is 3.13. The average molecular weight is 425 g/mol. The third-order valence-corrected chi connectivity index (χ3v) is 6.05. The fourth-order valence-corrected chi connectivity index (χ4v) is 4.37. The smallest absolute Gasteiger partial charge is 0.262 e. The molecular formula is C21H17BrN2OS. The molecule has 1 N–H and O–H groups in total. The summed E-state index contributed by atoms with van der Waals surface area (Å²) in [6.45, 7) is 4.17. The molecule has 0 saturated heterocycles. The van der Waals surface area contributed by atoms with Crippen LogP contribution in [0, 0.1) is 13.8 Å². The summed E-state index contributed by atoms with van der Waals surface area (Å²) in [5, 5.41) is 2.97. The average Bonchev–Trinajstić information content (AvgIpc) is 2.90. The van der Waals surface area contributed by atoms with E-state index >= 15 is 0 Å². The number of hydrogen-bond acceptors (Lipinski definition) is 2. The largest absolute Gasteiger partial charge is 0.320 e. The van der Waals surface area contributed by atoms with Gasteiger partial charge < -0.3 is 9.88 Å². The number of para-hydroxylation sites is 1. The van der Waals surface area contributed by atoms with E-state index in [9.17, 15) is 4.79 Å². The van der Waals surface area contributed by atoms with Crippen molar-refractivity contribution in [2.45, 2.75) is 18.7 Å². The van der Waals surface area contributed by atoms with E-state index in [1.54, 1.807) is 0 Å². The second-order valence-corrected chi connectivity index (χ2v) is 8.20. The Kier molecular flexibility index (Phi) is 4.51. The Morgan fingerprint density at radius 2 is 1.81 bits per heavy atom. The van der Waals surface area contributed by atoms with E-state index in [0.717, 1.165) is 37.7 Å². The number of hydrogen-bond donors (Lipinski definition) is 1. The summed E-state index contributed by atoms with van der Waals surface area (Å²) in [5.41, 5.74) is 5.30. The number of nitrogens with one attached hydrogen (secondary N) is 1. The molecule has 2 aromatic carbocycles. The molecule has 3 aromatic rings. The first kappa shape index (κ1) is 17.2. The van der Waals surface area contributed by atoms with E-state index in [-0.39, 0.29) is 5.91 Å². The van der Waals surface area contributed by atoms with Gasteiger partial charge in [0.2, 0.25) is 0 Å². The second kappa shape index (κ2) is 6.82. The van der Waals surface area contributed by atoms with Crippen molar-refractivity contribution in [3.05, 3.63) is 80.9 Å². The van der Waals surface area contributed by atoms with Crippen LogP contribution in [0.4, 0.5) is 5.69 Å². The molecule has 0 aliphatic carbocycles. The zero-order valence-electron chi connectivity index (χ0n) is 14.4. The lowest BCUT2D eigenvalue weighted by Crippen LogP contribution is -2.17. The molecule has 130 valence electrons. The van der Waals surface area contributed by atoms with Crippen LogP contribution in [0.15, 0.2) is 68.9 Å². The summed E-state index contributed by atoms with van der Waals surface area (Å²) in [7, 11) is 0. The lowest BCUT2D eigenvalue weighted by molar-refractivity contribution is -0.112. The summed E-state index contributed by atoms with van der Waals surface area (Å²) < 4.78 is 3.26. The molecule has 0 saturated carbocycles. The van der Waals surface area contributed by atoms with Gasteiger partial charge in [0.05, 0.1) is 10.6 Å². The van der Waals surface area contributed by atoms with Gasteiger partial charge in [0, 0.05) is 26.4 Å². The Hall–Kier alpha value is -2.24. The molecule has 3 nitrogen and oxygen atoms in total. The highest BCUT2D eigenvalue weighted by Gasteiger charge is 2.21. The number of aryl methyl sites for hydroxylation is 1. The number of amides is 1. The predicted octanol–water partition coefficient (Wildman–Crippen LogP) is 5.94. The number of carbonyl (C=O) groups is 1. The van der Waals surface area contributed by atoms with Gasteiger partial charge in [-0.1, -0.05) is 39.8 Å². The van der Waals surface area contributed by atoms with Gasteiger partial charge in [-0.3, -0.25) is 4.79 Å². The molecule has 4 rings (SSSR count). The van der Waals surface area contributed by atoms with Crippen molar-refractivity contribution in [1.82, 2.24) is 4.57 Å². The van der Waals surface area contributed by atoms with Gasteiger partial charge >= 0.3 is 0 Å². The Morgan fingerprint density at radius 1 is 1.08 bits per heavy atom. The van der Waals surface area contributed by atoms with Gasteiger partial charge in [-0.05, 0) is 68.0 Å². The van der Waals surface area contributed by atoms with Crippen LogP contribution < -0.4 is 5.32 Å². The maximum absolute atomic E-state index is 12.5. The fraction of sp³-hybridized carbons (Fsp3) is 0.0952. The topological polar surface area (TPSA) is 34.0 Å². The highest BCUT2D eigenvalue weighted by Crippen LogP contribution is 2.39. The van der Waals surface area contributed by atoms with Crippen molar-refractivity contribution in [2.24, 2.45) is 0 Å². The Balaban J connectivity index is 1.73. The Bertz CT molecular complexity index is 1030. The van der Waals surface area contributed by atoms with Crippen LogP contribution in [0.2, 0.25) is 0 Å². The molecule has 1 amide bonds. The zero-order chi connectivity index (χ0) is 18.3. The minimum absolute atomic E-state index is 0.0536. The van der Waals surface area contributed by atoms with Gasteiger partial charge in [0.25, 0.3) is 5.91 Å². The van der Waals surface area contributed by atoms with Crippen molar-refractivity contribution in [1.29, 1.82) is 0 Å². The molecule has 1 aliphatic heterocycles. The second-order valence-electron chi connectivity index (χ2n) is 6.20. The van der Waals surface area contributed by atoms with Crippen LogP contribution in [-0.4, -0.2) is 10.5 Å². The monoisotopic (exact) mass is 424 g/mol. The van der Waals surface area contributed by atoms with Gasteiger partial charge in [-0.25, -0.2) is 0 Å². The molecule has 5 heteroatoms. The SMILES string of the molecule is Cc1cc(/C=C2\Sc3ccccc3NC2=O)c(C)n1-c1ccc(Br)cc1. The van der Waals surface area contributed by atoms with Crippen molar-refractivity contribution in [2.75, 3.05) is 5.32 Å². The van der Waals surface area contributed by atoms with Crippen LogP contribution in [0.3, 0.4) is 0 Å². The van der Waals surface area contributed by atoms with E-state index in [1.807, 2.05) is 42.5 Å². The number of benzene rings is 2. The van der Waals surface area contributed by atoms with E-state index in [1.165, 1.54) is 11.8 Å². The first-order valence-electron chi connectivity index (χ1n) is 8.28. The number of thioether (sulfide) groups is 1. The first-order valence-corrected chi connectivity index (χ1v) is 9.89. The summed E-state index contributed by atoms with van der Waals surface area (Å²) in [6, 6.07) is 18.2. The van der Waals surface area contributed by atoms with Gasteiger partial charge in [0.15, 0.2) is 0 Å². The molecule has 1 aliphatic rings. The summed E-state index contributed by atoms with van der Waals surface area (Å²) in [5.74, 6) is -0.0536. The lowest BCUT2D eigenvalue weighted by Gasteiger charge is -2.18. The van der Waals surface area contributed by atoms with E-state index in [2.05, 4.69) is 57.9 Å². The molecule has 0 atom stereocenters. The minimum atomic E-state index is -0.0536. The number of aromatic nitrogens is 1. The van der Waals surface area contributed by atoms with Crippen molar-refractivity contribution in [3.8, 4) is 5.69 Å². The molecule has 0 radical (unpaired) electrons. The van der Waals surface area contributed by atoms with Crippen molar-refractivity contribution < 1.29 is 4.79 Å². The van der Waals surface area contributed by atoms with E-state index in [4.69, 9.17) is 0 Å². The fourth-order valence-electron chi connectivity index (χ4n) is 3.17. The predicted molar refractivity (Wildman–Crippen MR) is 112 cm³/mol. The summed E-state index contributed by atoms with van der Waals surface area (Å²) in [4.78, 5) is 14.2. The normalized spacial score (nSPS) is 15.0. The highest BCUT2D eigenvalue weighted by atomic mass is 79.9. The van der Waals surface area contributed by atoms with Gasteiger partial charge in [-0.2, -0.15) is 0 Å². The number of nitrogens with zero attached hydrogens (tertiary/aromatic N) is 1. The molecule has 26 heavy (non-hydrogen) atoms. The maximum atomic E-state index is 12.5. The minimum Gasteiger partial charge on any atom is -0.320 e. The molecule has 0 spiro atoms. The zero-order valence-corrected chi connectivity index (χ0v) is 16.8. The highest BCUT2D eigenvalue weighted by molar-refractivity contribution is 9.10. The quantitative estimate of drug-likeness (QED) is 0.516. The summed E-state index contributed by atoms with van der Waals surface area (Å²) in [6.07, 6.45) is 1.98. The molecule has 0 fully saturated rings. The Morgan fingerprint density at radius 3 is 2.58 bits per heavy atom. The van der Waals surface area contributed by atoms with Crippen LogP contribution in [-0.2, 0) is 4.79 Å². The molecule has 0 bridgehead atoms. The van der Waals surface area contributed by atoms with Crippen LogP contribution in [0.5, 0.6) is 0 Å². The molecule has 2 heterocycles. The standard InChI is InChI=1S/C21H17BrN2OS/c1-13-11-15(14(2)24(13)17-9-7-16(22)8-10-17)12-20-21(25)23-18-5-3-4-6-19(18)26-20/h3-12H,1-2H3,(H,23,25)/b20-12-. The molecule has 1 aromatic heterocycles. The van der Waals surface area contributed by atoms with Crippen LogP contribution in [0.25, 0.3) is 11.8 Å². The number of anilines is 1. The maximum Gasteiger partial charge on any atom is 0.262 e. The number of fused-ring (bicyclic) bond motifs is 1. The van der Waals surface area contributed by atoms with Gasteiger partial charge in [0.1, 0.15) is 0 Å². The third-order valence-electron chi connectivity index (χ3n) is 4.42. The Labute approximate surface area is 165 Å². The van der Waals surface area contributed by atoms with Crippen molar-refractivity contribution >= 4 is 45.4 Å². The number of carbonyl (C=O) groups excluding carboxylic acids is 1. The van der Waals surface area contributed by atoms with Gasteiger partial charge in [-0.15, -0.1) is 0 Å². The molecule has 0 unspecified atom stereocenters. The van der Waals surface area contributed by atoms with E-state index < -0.39 is 0 Å². The summed E-state index contributed by atoms with van der Waals surface area (Å²) >= 11 is 5.00. The van der Waals surface area contributed by atoms with Crippen LogP contribution >= 0.6 is 27.7 Å². The molecular weight excluding hydrogens is 408 g/mol. The number of rotatable bonds is 2. The van der Waals surface area contributed by atoms with E-state index in [0.29, 0.717) is 4.91 Å². The van der Waals surface area contributed by atoms with Crippen molar-refractivity contribution in [3.63, 3.8) is 0 Å². The lowest BCUT2D eigenvalue weighted by atomic mass is 10.2. The number of halogens is 1. The first-order chi connectivity index (χ1) is 12.5. The van der Waals surface area contributed by atoms with Crippen LogP contribution in [0.1, 0.15) is 17.0 Å².